The number of hydrogen-bond acceptors (Lipinski definition) is 4. The van der Waals surface area contributed by atoms with Gasteiger partial charge in [-0.2, -0.15) is 0 Å². The third-order valence-electron chi connectivity index (χ3n) is 5.89. The smallest absolute Gasteiger partial charge is 0.259 e. The van der Waals surface area contributed by atoms with Gasteiger partial charge in [-0.25, -0.2) is 4.39 Å². The molecular weight excluding hydrogens is 423 g/mol. The Bertz CT molecular complexity index is 1040. The van der Waals surface area contributed by atoms with Crippen molar-refractivity contribution < 1.29 is 14.0 Å². The highest BCUT2D eigenvalue weighted by molar-refractivity contribution is 5.99. The molecule has 2 aromatic rings. The average molecular weight is 457 g/mol. The summed E-state index contributed by atoms with van der Waals surface area (Å²) in [6.07, 6.45) is 4.84. The van der Waals surface area contributed by atoms with Gasteiger partial charge in [0.15, 0.2) is 0 Å². The molecule has 0 atom stereocenters. The zero-order valence-electron chi connectivity index (χ0n) is 19.6. The molecular formula is C25H33FN4O3. The molecule has 7 nitrogen and oxygen atoms in total. The lowest BCUT2D eigenvalue weighted by molar-refractivity contribution is 0.0626. The van der Waals surface area contributed by atoms with Crippen LogP contribution < -0.4 is 10.7 Å². The van der Waals surface area contributed by atoms with Crippen molar-refractivity contribution >= 4 is 11.8 Å². The van der Waals surface area contributed by atoms with E-state index in [4.69, 9.17) is 0 Å². The lowest BCUT2D eigenvalue weighted by Gasteiger charge is -2.34. The van der Waals surface area contributed by atoms with Crippen LogP contribution in [0.5, 0.6) is 0 Å². The average Bonchev–Trinajstić information content (AvgIpc) is 2.79. The van der Waals surface area contributed by atoms with E-state index < -0.39 is 11.3 Å². The normalized spacial score (nSPS) is 14.5. The first-order valence-corrected chi connectivity index (χ1v) is 11.6. The van der Waals surface area contributed by atoms with Crippen LogP contribution in [0.25, 0.3) is 0 Å². The van der Waals surface area contributed by atoms with Gasteiger partial charge in [-0.15, -0.1) is 0 Å². The Morgan fingerprint density at radius 3 is 2.42 bits per heavy atom. The quantitative estimate of drug-likeness (QED) is 0.620. The molecule has 2 heterocycles. The van der Waals surface area contributed by atoms with Gasteiger partial charge in [-0.05, 0) is 38.0 Å². The summed E-state index contributed by atoms with van der Waals surface area (Å²) in [5.74, 6) is -1.07. The summed E-state index contributed by atoms with van der Waals surface area (Å²) in [5.41, 5.74) is 0.366. The van der Waals surface area contributed by atoms with E-state index in [0.29, 0.717) is 39.3 Å². The zero-order chi connectivity index (χ0) is 24.0. The molecule has 3 rings (SSSR count). The van der Waals surface area contributed by atoms with E-state index >= 15 is 0 Å². The summed E-state index contributed by atoms with van der Waals surface area (Å²) in [6, 6.07) is 6.50. The second kappa shape index (κ2) is 11.2. The van der Waals surface area contributed by atoms with E-state index in [2.05, 4.69) is 10.2 Å². The molecule has 1 saturated heterocycles. The number of nitrogens with zero attached hydrogens (tertiary/aromatic N) is 3. The largest absolute Gasteiger partial charge is 0.352 e. The molecule has 0 spiro atoms. The number of nitrogens with one attached hydrogen (secondary N) is 1. The Morgan fingerprint density at radius 1 is 1.09 bits per heavy atom. The van der Waals surface area contributed by atoms with E-state index in [1.165, 1.54) is 18.3 Å². The number of carbonyl (C=O) groups is 2. The Balaban J connectivity index is 1.73. The number of halogens is 1. The molecule has 1 aromatic heterocycles. The van der Waals surface area contributed by atoms with Crippen molar-refractivity contribution in [2.24, 2.45) is 0 Å². The minimum absolute atomic E-state index is 0.00427. The molecule has 0 aliphatic carbocycles. The summed E-state index contributed by atoms with van der Waals surface area (Å²) in [5, 5.41) is 2.77. The molecule has 1 fully saturated rings. The maximum Gasteiger partial charge on any atom is 0.259 e. The fraction of sp³-hybridized carbons (Fsp3) is 0.480. The third-order valence-corrected chi connectivity index (χ3v) is 5.89. The predicted octanol–water partition coefficient (Wildman–Crippen LogP) is 3.06. The standard InChI is InChI=1S/C25H33FN4O3/c1-4-5-9-27-24(32)21-16-30(18(2)3)17-22(23(21)31)25(33)29-12-10-28(11-13-29)15-19-7-6-8-20(26)14-19/h6-8,14,16-18H,4-5,9-13,15H2,1-3H3,(H,27,32). The molecule has 0 bridgehead atoms. The zero-order valence-corrected chi connectivity index (χ0v) is 19.6. The number of unbranched alkanes of at least 4 members (excludes halogenated alkanes) is 1. The van der Waals surface area contributed by atoms with Crippen molar-refractivity contribution in [2.45, 2.75) is 46.2 Å². The summed E-state index contributed by atoms with van der Waals surface area (Å²) >= 11 is 0. The van der Waals surface area contributed by atoms with E-state index in [9.17, 15) is 18.8 Å². The molecule has 2 amide bonds. The van der Waals surface area contributed by atoms with E-state index in [1.54, 1.807) is 21.7 Å². The van der Waals surface area contributed by atoms with Crippen molar-refractivity contribution in [3.05, 3.63) is 69.4 Å². The molecule has 0 radical (unpaired) electrons. The number of carbonyl (C=O) groups excluding carboxylic acids is 2. The Hall–Kier alpha value is -3.00. The fourth-order valence-corrected chi connectivity index (χ4v) is 3.86. The molecule has 1 aliphatic rings. The van der Waals surface area contributed by atoms with Crippen LogP contribution in [0.1, 0.15) is 65.9 Å². The number of piperazine rings is 1. The first-order valence-electron chi connectivity index (χ1n) is 11.6. The minimum Gasteiger partial charge on any atom is -0.352 e. The second-order valence-corrected chi connectivity index (χ2v) is 8.76. The van der Waals surface area contributed by atoms with Crippen molar-refractivity contribution in [3.63, 3.8) is 0 Å². The molecule has 33 heavy (non-hydrogen) atoms. The topological polar surface area (TPSA) is 74.7 Å². The highest BCUT2D eigenvalue weighted by Crippen LogP contribution is 2.13. The van der Waals surface area contributed by atoms with Crippen LogP contribution in [-0.4, -0.2) is 58.9 Å². The maximum atomic E-state index is 13.4. The summed E-state index contributed by atoms with van der Waals surface area (Å²) in [6.45, 7) is 9.15. The Morgan fingerprint density at radius 2 is 1.79 bits per heavy atom. The monoisotopic (exact) mass is 456 g/mol. The van der Waals surface area contributed by atoms with Gasteiger partial charge in [0.2, 0.25) is 5.43 Å². The molecule has 0 unspecified atom stereocenters. The Kier molecular flexibility index (Phi) is 8.38. The van der Waals surface area contributed by atoms with Crippen molar-refractivity contribution in [3.8, 4) is 0 Å². The van der Waals surface area contributed by atoms with Gasteiger partial charge in [-0.3, -0.25) is 19.3 Å². The molecule has 1 aromatic carbocycles. The van der Waals surface area contributed by atoms with E-state index in [1.807, 2.05) is 26.8 Å². The highest BCUT2D eigenvalue weighted by Gasteiger charge is 2.26. The van der Waals surface area contributed by atoms with Crippen LogP contribution in [0.2, 0.25) is 0 Å². The first-order chi connectivity index (χ1) is 15.8. The van der Waals surface area contributed by atoms with Crippen molar-refractivity contribution in [1.29, 1.82) is 0 Å². The van der Waals surface area contributed by atoms with E-state index in [0.717, 1.165) is 18.4 Å². The van der Waals surface area contributed by atoms with Gasteiger partial charge in [0.25, 0.3) is 11.8 Å². The van der Waals surface area contributed by atoms with Crippen LogP contribution in [0.4, 0.5) is 4.39 Å². The number of benzene rings is 1. The van der Waals surface area contributed by atoms with E-state index in [-0.39, 0.29) is 28.9 Å². The third kappa shape index (κ3) is 6.28. The highest BCUT2D eigenvalue weighted by atomic mass is 19.1. The molecule has 8 heteroatoms. The van der Waals surface area contributed by atoms with Gasteiger partial charge in [0.1, 0.15) is 16.9 Å². The van der Waals surface area contributed by atoms with Crippen LogP contribution in [0.3, 0.4) is 0 Å². The summed E-state index contributed by atoms with van der Waals surface area (Å²) in [7, 11) is 0. The molecule has 178 valence electrons. The number of aromatic nitrogens is 1. The Labute approximate surface area is 194 Å². The fourth-order valence-electron chi connectivity index (χ4n) is 3.86. The minimum atomic E-state index is -0.534. The van der Waals surface area contributed by atoms with Gasteiger partial charge in [0, 0.05) is 57.7 Å². The molecule has 1 aliphatic heterocycles. The summed E-state index contributed by atoms with van der Waals surface area (Å²) < 4.78 is 15.2. The summed E-state index contributed by atoms with van der Waals surface area (Å²) in [4.78, 5) is 42.8. The van der Waals surface area contributed by atoms with Crippen LogP contribution in [0.15, 0.2) is 41.5 Å². The SMILES string of the molecule is CCCCNC(=O)c1cn(C(C)C)cc(C(=O)N2CCN(Cc3cccc(F)c3)CC2)c1=O. The van der Waals surface area contributed by atoms with Crippen LogP contribution >= 0.6 is 0 Å². The lowest BCUT2D eigenvalue weighted by Crippen LogP contribution is -2.49. The predicted molar refractivity (Wildman–Crippen MR) is 126 cm³/mol. The van der Waals surface area contributed by atoms with Gasteiger partial charge >= 0.3 is 0 Å². The number of amides is 2. The number of rotatable bonds is 8. The van der Waals surface area contributed by atoms with Crippen molar-refractivity contribution in [2.75, 3.05) is 32.7 Å². The maximum absolute atomic E-state index is 13.4. The molecule has 1 N–H and O–H groups in total. The first kappa shape index (κ1) is 24.6. The van der Waals surface area contributed by atoms with Gasteiger partial charge < -0.3 is 14.8 Å². The van der Waals surface area contributed by atoms with Gasteiger partial charge in [0.05, 0.1) is 0 Å². The van der Waals surface area contributed by atoms with Gasteiger partial charge in [-0.1, -0.05) is 25.5 Å². The van der Waals surface area contributed by atoms with Crippen LogP contribution in [-0.2, 0) is 6.54 Å². The van der Waals surface area contributed by atoms with Crippen LogP contribution in [0, 0.1) is 5.82 Å². The van der Waals surface area contributed by atoms with Crippen molar-refractivity contribution in [1.82, 2.24) is 19.7 Å². The lowest BCUT2D eigenvalue weighted by atomic mass is 10.1. The number of pyridine rings is 1. The number of hydrogen-bond donors (Lipinski definition) is 1. The second-order valence-electron chi connectivity index (χ2n) is 8.76. The molecule has 0 saturated carbocycles.